The first-order valence-corrected chi connectivity index (χ1v) is 7.68. The predicted molar refractivity (Wildman–Crippen MR) is 78.8 cm³/mol. The van der Waals surface area contributed by atoms with E-state index in [9.17, 15) is 0 Å². The zero-order chi connectivity index (χ0) is 12.1. The first-order chi connectivity index (χ1) is 8.35. The van der Waals surface area contributed by atoms with E-state index in [4.69, 9.17) is 6.42 Å². The van der Waals surface area contributed by atoms with Crippen LogP contribution >= 0.6 is 22.7 Å². The van der Waals surface area contributed by atoms with Crippen molar-refractivity contribution in [1.29, 1.82) is 0 Å². The van der Waals surface area contributed by atoms with Crippen LogP contribution in [0.2, 0.25) is 0 Å². The Morgan fingerprint density at radius 3 is 3.06 bits per heavy atom. The highest BCUT2D eigenvalue weighted by atomic mass is 32.1. The number of thiophene rings is 2. The Labute approximate surface area is 111 Å². The topological polar surface area (TPSA) is 12.0 Å². The van der Waals surface area contributed by atoms with Crippen molar-refractivity contribution in [1.82, 2.24) is 5.32 Å². The average Bonchev–Trinajstić information content (AvgIpc) is 2.89. The molecule has 0 aliphatic carbocycles. The van der Waals surface area contributed by atoms with Gasteiger partial charge in [0, 0.05) is 26.7 Å². The van der Waals surface area contributed by atoms with Crippen molar-refractivity contribution in [2.45, 2.75) is 32.2 Å². The highest BCUT2D eigenvalue weighted by Gasteiger charge is 2.13. The third-order valence-electron chi connectivity index (χ3n) is 2.72. The molecule has 2 heterocycles. The summed E-state index contributed by atoms with van der Waals surface area (Å²) in [7, 11) is 0. The van der Waals surface area contributed by atoms with E-state index in [0.29, 0.717) is 6.04 Å². The number of rotatable bonds is 6. The molecule has 0 fully saturated rings. The lowest BCUT2D eigenvalue weighted by Gasteiger charge is -2.15. The Hall–Kier alpha value is -0.820. The van der Waals surface area contributed by atoms with Gasteiger partial charge >= 0.3 is 0 Å². The van der Waals surface area contributed by atoms with Crippen LogP contribution in [0.5, 0.6) is 0 Å². The third-order valence-corrected chi connectivity index (χ3v) is 4.93. The number of hydrogen-bond acceptors (Lipinski definition) is 3. The molecule has 0 amide bonds. The van der Waals surface area contributed by atoms with Gasteiger partial charge in [0.25, 0.3) is 0 Å². The quantitative estimate of drug-likeness (QED) is 0.761. The van der Waals surface area contributed by atoms with Gasteiger partial charge in [-0.1, -0.05) is 6.92 Å². The van der Waals surface area contributed by atoms with E-state index >= 15 is 0 Å². The summed E-state index contributed by atoms with van der Waals surface area (Å²) in [6.07, 6.45) is 8.40. The number of fused-ring (bicyclic) bond motifs is 1. The predicted octanol–water partition coefficient (Wildman–Crippen LogP) is 4.42. The first kappa shape index (κ1) is 12.6. The molecule has 90 valence electrons. The minimum atomic E-state index is 0.426. The van der Waals surface area contributed by atoms with E-state index in [2.05, 4.69) is 35.7 Å². The molecule has 2 aromatic rings. The van der Waals surface area contributed by atoms with E-state index < -0.39 is 0 Å². The number of nitrogens with one attached hydrogen (secondary N) is 1. The summed E-state index contributed by atoms with van der Waals surface area (Å²) in [4.78, 5) is 1.43. The van der Waals surface area contributed by atoms with Crippen molar-refractivity contribution >= 4 is 32.1 Å². The minimum Gasteiger partial charge on any atom is -0.309 e. The van der Waals surface area contributed by atoms with Crippen molar-refractivity contribution in [3.63, 3.8) is 0 Å². The molecule has 0 saturated heterocycles. The van der Waals surface area contributed by atoms with E-state index in [-0.39, 0.29) is 0 Å². The fourth-order valence-corrected chi connectivity index (χ4v) is 4.08. The van der Waals surface area contributed by atoms with Gasteiger partial charge in [0.1, 0.15) is 0 Å². The Morgan fingerprint density at radius 1 is 1.47 bits per heavy atom. The molecule has 0 aliphatic rings. The standard InChI is InChI=1S/C14H17NS2/c1-3-5-6-11(15-8-4-2)13-10-14-12(17-13)7-9-16-14/h1,7,9-11,15H,4-6,8H2,2H3. The normalized spacial score (nSPS) is 12.7. The monoisotopic (exact) mass is 263 g/mol. The summed E-state index contributed by atoms with van der Waals surface area (Å²) in [6, 6.07) is 4.94. The lowest BCUT2D eigenvalue weighted by molar-refractivity contribution is 0.513. The van der Waals surface area contributed by atoms with Gasteiger partial charge < -0.3 is 5.32 Å². The maximum absolute atomic E-state index is 5.37. The summed E-state index contributed by atoms with van der Waals surface area (Å²) in [6.45, 7) is 3.25. The van der Waals surface area contributed by atoms with Crippen molar-refractivity contribution in [2.75, 3.05) is 6.54 Å². The Morgan fingerprint density at radius 2 is 2.35 bits per heavy atom. The highest BCUT2D eigenvalue weighted by Crippen LogP contribution is 2.34. The summed E-state index contributed by atoms with van der Waals surface area (Å²) in [5, 5.41) is 5.74. The molecule has 0 aromatic carbocycles. The molecule has 1 N–H and O–H groups in total. The van der Waals surface area contributed by atoms with Crippen LogP contribution in [-0.4, -0.2) is 6.54 Å². The van der Waals surface area contributed by atoms with E-state index in [1.54, 1.807) is 0 Å². The summed E-state index contributed by atoms with van der Waals surface area (Å²) in [5.41, 5.74) is 0. The van der Waals surface area contributed by atoms with Gasteiger partial charge in [-0.15, -0.1) is 35.0 Å². The fraction of sp³-hybridized carbons (Fsp3) is 0.429. The fourth-order valence-electron chi connectivity index (χ4n) is 1.85. The summed E-state index contributed by atoms with van der Waals surface area (Å²) >= 11 is 3.71. The Bertz CT molecular complexity index is 475. The van der Waals surface area contributed by atoms with Crippen LogP contribution in [0.3, 0.4) is 0 Å². The lowest BCUT2D eigenvalue weighted by Crippen LogP contribution is -2.21. The molecule has 0 bridgehead atoms. The zero-order valence-electron chi connectivity index (χ0n) is 10.0. The molecule has 1 unspecified atom stereocenters. The molecule has 17 heavy (non-hydrogen) atoms. The van der Waals surface area contributed by atoms with Gasteiger partial charge in [-0.25, -0.2) is 0 Å². The number of terminal acetylenes is 1. The molecular formula is C14H17NS2. The average molecular weight is 263 g/mol. The molecular weight excluding hydrogens is 246 g/mol. The van der Waals surface area contributed by atoms with Gasteiger partial charge in [-0.2, -0.15) is 0 Å². The van der Waals surface area contributed by atoms with Crippen molar-refractivity contribution in [2.24, 2.45) is 0 Å². The minimum absolute atomic E-state index is 0.426. The summed E-state index contributed by atoms with van der Waals surface area (Å²) in [5.74, 6) is 2.74. The van der Waals surface area contributed by atoms with E-state index in [0.717, 1.165) is 25.8 Å². The molecule has 3 heteroatoms. The molecule has 0 aliphatic heterocycles. The van der Waals surface area contributed by atoms with Gasteiger partial charge in [-0.05, 0) is 36.9 Å². The van der Waals surface area contributed by atoms with Crippen LogP contribution in [0.1, 0.15) is 37.1 Å². The smallest absolute Gasteiger partial charge is 0.0454 e. The maximum atomic E-state index is 5.37. The van der Waals surface area contributed by atoms with Crippen molar-refractivity contribution in [3.05, 3.63) is 22.4 Å². The second kappa shape index (κ2) is 6.20. The van der Waals surface area contributed by atoms with Crippen LogP contribution in [0, 0.1) is 12.3 Å². The first-order valence-electron chi connectivity index (χ1n) is 5.99. The van der Waals surface area contributed by atoms with Gasteiger partial charge in [0.2, 0.25) is 0 Å². The number of hydrogen-bond donors (Lipinski definition) is 1. The molecule has 1 nitrogen and oxygen atoms in total. The van der Waals surface area contributed by atoms with Crippen LogP contribution in [0.15, 0.2) is 17.5 Å². The van der Waals surface area contributed by atoms with Crippen LogP contribution in [0.25, 0.3) is 9.40 Å². The molecule has 0 radical (unpaired) electrons. The second-order valence-electron chi connectivity index (χ2n) is 4.05. The van der Waals surface area contributed by atoms with Crippen molar-refractivity contribution in [3.8, 4) is 12.3 Å². The SMILES string of the molecule is C#CCCC(NCCC)c1cc2sccc2s1. The van der Waals surface area contributed by atoms with Crippen LogP contribution < -0.4 is 5.32 Å². The van der Waals surface area contributed by atoms with E-state index in [1.165, 1.54) is 14.3 Å². The molecule has 1 atom stereocenters. The maximum Gasteiger partial charge on any atom is 0.0454 e. The van der Waals surface area contributed by atoms with Gasteiger partial charge in [-0.3, -0.25) is 0 Å². The molecule has 0 saturated carbocycles. The van der Waals surface area contributed by atoms with Gasteiger partial charge in [0.05, 0.1) is 0 Å². The van der Waals surface area contributed by atoms with E-state index in [1.807, 2.05) is 22.7 Å². The molecule has 2 aromatic heterocycles. The van der Waals surface area contributed by atoms with Gasteiger partial charge in [0.15, 0.2) is 0 Å². The summed E-state index contributed by atoms with van der Waals surface area (Å²) < 4.78 is 2.79. The third kappa shape index (κ3) is 3.10. The Balaban J connectivity index is 2.13. The molecule has 2 rings (SSSR count). The lowest BCUT2D eigenvalue weighted by atomic mass is 10.1. The zero-order valence-corrected chi connectivity index (χ0v) is 11.7. The highest BCUT2D eigenvalue weighted by molar-refractivity contribution is 7.26. The van der Waals surface area contributed by atoms with Crippen molar-refractivity contribution < 1.29 is 0 Å². The second-order valence-corrected chi connectivity index (χ2v) is 6.11. The largest absolute Gasteiger partial charge is 0.309 e. The Kier molecular flexibility index (Phi) is 4.61. The molecule has 0 spiro atoms. The van der Waals surface area contributed by atoms with Crippen LogP contribution in [0.4, 0.5) is 0 Å². The van der Waals surface area contributed by atoms with Crippen LogP contribution in [-0.2, 0) is 0 Å².